The number of ether oxygens (including phenoxy) is 1. The number of halogens is 1. The van der Waals surface area contributed by atoms with Gasteiger partial charge in [-0.1, -0.05) is 38.4 Å². The third-order valence-electron chi connectivity index (χ3n) is 3.02. The van der Waals surface area contributed by atoms with Gasteiger partial charge in [0.2, 0.25) is 0 Å². The fourth-order valence-corrected chi connectivity index (χ4v) is 2.75. The molecule has 2 rings (SSSR count). The maximum absolute atomic E-state index is 5.89. The summed E-state index contributed by atoms with van der Waals surface area (Å²) in [5, 5.41) is 4.33. The first-order valence-corrected chi connectivity index (χ1v) is 7.62. The molecule has 0 saturated carbocycles. The minimum Gasteiger partial charge on any atom is -0.495 e. The van der Waals surface area contributed by atoms with Gasteiger partial charge in [-0.25, -0.2) is 4.98 Å². The third-order valence-corrected chi connectivity index (χ3v) is 4.14. The van der Waals surface area contributed by atoms with E-state index in [2.05, 4.69) is 43.2 Å². The summed E-state index contributed by atoms with van der Waals surface area (Å²) in [6.45, 7) is 7.22. The molecule has 0 saturated heterocycles. The van der Waals surface area contributed by atoms with Crippen molar-refractivity contribution >= 4 is 28.6 Å². The predicted molar refractivity (Wildman–Crippen MR) is 86.1 cm³/mol. The van der Waals surface area contributed by atoms with Crippen LogP contribution in [0, 0.1) is 0 Å². The van der Waals surface area contributed by atoms with Gasteiger partial charge >= 0.3 is 0 Å². The molecular weight excluding hydrogens is 292 g/mol. The van der Waals surface area contributed by atoms with Crippen LogP contribution in [0.15, 0.2) is 24.4 Å². The van der Waals surface area contributed by atoms with E-state index in [0.29, 0.717) is 10.9 Å². The first kappa shape index (κ1) is 15.1. The highest BCUT2D eigenvalue weighted by Crippen LogP contribution is 2.32. The van der Waals surface area contributed by atoms with Crippen molar-refractivity contribution in [1.82, 2.24) is 4.98 Å². The summed E-state index contributed by atoms with van der Waals surface area (Å²) in [7, 11) is 1.68. The molecule has 0 fully saturated rings. The monoisotopic (exact) mass is 310 g/mol. The third kappa shape index (κ3) is 3.64. The van der Waals surface area contributed by atoms with Gasteiger partial charge in [0.15, 0.2) is 0 Å². The highest BCUT2D eigenvalue weighted by Gasteiger charge is 2.16. The number of hydrogen-bond donors (Lipinski definition) is 1. The normalized spacial score (nSPS) is 11.4. The molecule has 108 valence electrons. The molecule has 5 heteroatoms. The van der Waals surface area contributed by atoms with E-state index in [1.807, 2.05) is 6.07 Å². The number of nitrogens with zero attached hydrogens (tertiary/aromatic N) is 1. The second-order valence-corrected chi connectivity index (χ2v) is 7.32. The van der Waals surface area contributed by atoms with Gasteiger partial charge in [-0.2, -0.15) is 0 Å². The number of thiazole rings is 1. The molecule has 20 heavy (non-hydrogen) atoms. The molecule has 0 aliphatic rings. The molecule has 3 nitrogen and oxygen atoms in total. The van der Waals surface area contributed by atoms with Crippen LogP contribution in [0.5, 0.6) is 5.75 Å². The van der Waals surface area contributed by atoms with Crippen molar-refractivity contribution in [2.75, 3.05) is 12.4 Å². The molecule has 0 radical (unpaired) electrons. The Morgan fingerprint density at radius 1 is 1.35 bits per heavy atom. The van der Waals surface area contributed by atoms with Crippen molar-refractivity contribution in [3.63, 3.8) is 0 Å². The number of anilines is 1. The van der Waals surface area contributed by atoms with Crippen LogP contribution in [0.25, 0.3) is 0 Å². The zero-order chi connectivity index (χ0) is 14.8. The van der Waals surface area contributed by atoms with Crippen molar-refractivity contribution < 1.29 is 4.74 Å². The van der Waals surface area contributed by atoms with Gasteiger partial charge in [0.1, 0.15) is 15.1 Å². The Kier molecular flexibility index (Phi) is 4.55. The maximum Gasteiger partial charge on any atom is 0.141 e. The van der Waals surface area contributed by atoms with Crippen LogP contribution in [0.4, 0.5) is 5.69 Å². The van der Waals surface area contributed by atoms with Gasteiger partial charge < -0.3 is 10.1 Å². The second kappa shape index (κ2) is 6.02. The molecule has 0 amide bonds. The molecule has 2 aromatic rings. The Hall–Kier alpha value is -1.26. The lowest BCUT2D eigenvalue weighted by molar-refractivity contribution is 0.416. The quantitative estimate of drug-likeness (QED) is 0.887. The maximum atomic E-state index is 5.89. The molecule has 0 aliphatic carbocycles. The Labute approximate surface area is 129 Å². The smallest absolute Gasteiger partial charge is 0.141 e. The summed E-state index contributed by atoms with van der Waals surface area (Å²) in [6, 6.07) is 6.23. The molecular formula is C15H19ClN2OS. The topological polar surface area (TPSA) is 34.1 Å². The van der Waals surface area contributed by atoms with E-state index in [4.69, 9.17) is 16.3 Å². The molecule has 1 N–H and O–H groups in total. The fraction of sp³-hybridized carbons (Fsp3) is 0.400. The van der Waals surface area contributed by atoms with E-state index in [1.165, 1.54) is 16.9 Å². The van der Waals surface area contributed by atoms with Gasteiger partial charge in [0.05, 0.1) is 25.5 Å². The number of hydrogen-bond acceptors (Lipinski definition) is 4. The lowest BCUT2D eigenvalue weighted by atomic mass is 9.87. The average molecular weight is 311 g/mol. The standard InChI is InChI=1S/C15H19ClN2OS/c1-15(2,3)10-5-6-12(19-4)11(7-10)17-9-14-18-8-13(16)20-14/h5-8,17H,9H2,1-4H3. The van der Waals surface area contributed by atoms with Crippen LogP contribution in [0.2, 0.25) is 4.34 Å². The van der Waals surface area contributed by atoms with Crippen LogP contribution in [0.1, 0.15) is 31.3 Å². The Bertz CT molecular complexity index is 590. The van der Waals surface area contributed by atoms with Gasteiger partial charge in [-0.05, 0) is 23.1 Å². The van der Waals surface area contributed by atoms with Crippen LogP contribution in [-0.4, -0.2) is 12.1 Å². The highest BCUT2D eigenvalue weighted by atomic mass is 35.5. The molecule has 1 aromatic heterocycles. The van der Waals surface area contributed by atoms with Crippen molar-refractivity contribution in [2.24, 2.45) is 0 Å². The zero-order valence-electron chi connectivity index (χ0n) is 12.2. The van der Waals surface area contributed by atoms with Crippen LogP contribution >= 0.6 is 22.9 Å². The summed E-state index contributed by atoms with van der Waals surface area (Å²) < 4.78 is 6.11. The number of aromatic nitrogens is 1. The zero-order valence-corrected chi connectivity index (χ0v) is 13.7. The Morgan fingerprint density at radius 3 is 2.65 bits per heavy atom. The van der Waals surface area contributed by atoms with Crippen molar-refractivity contribution in [2.45, 2.75) is 32.7 Å². The number of methoxy groups -OCH3 is 1. The van der Waals surface area contributed by atoms with E-state index in [1.54, 1.807) is 13.3 Å². The molecule has 0 bridgehead atoms. The van der Waals surface area contributed by atoms with E-state index in [9.17, 15) is 0 Å². The molecule has 0 spiro atoms. The number of benzene rings is 1. The molecule has 0 aliphatic heterocycles. The molecule has 0 atom stereocenters. The number of nitrogens with one attached hydrogen (secondary N) is 1. The first-order chi connectivity index (χ1) is 9.40. The Balaban J connectivity index is 2.20. The van der Waals surface area contributed by atoms with Gasteiger partial charge in [-0.3, -0.25) is 0 Å². The van der Waals surface area contributed by atoms with E-state index >= 15 is 0 Å². The van der Waals surface area contributed by atoms with Crippen molar-refractivity contribution in [1.29, 1.82) is 0 Å². The minimum atomic E-state index is 0.104. The average Bonchev–Trinajstić information content (AvgIpc) is 2.80. The molecule has 0 unspecified atom stereocenters. The number of rotatable bonds is 4. The van der Waals surface area contributed by atoms with Crippen LogP contribution in [0.3, 0.4) is 0 Å². The van der Waals surface area contributed by atoms with Crippen molar-refractivity contribution in [3.8, 4) is 5.75 Å². The largest absolute Gasteiger partial charge is 0.495 e. The Morgan fingerprint density at radius 2 is 2.10 bits per heavy atom. The van der Waals surface area contributed by atoms with Gasteiger partial charge in [0, 0.05) is 0 Å². The van der Waals surface area contributed by atoms with Gasteiger partial charge in [0.25, 0.3) is 0 Å². The summed E-state index contributed by atoms with van der Waals surface area (Å²) >= 11 is 7.37. The van der Waals surface area contributed by atoms with Gasteiger partial charge in [-0.15, -0.1) is 11.3 Å². The van der Waals surface area contributed by atoms with Crippen molar-refractivity contribution in [3.05, 3.63) is 39.3 Å². The lowest BCUT2D eigenvalue weighted by Crippen LogP contribution is -2.12. The summed E-state index contributed by atoms with van der Waals surface area (Å²) in [5.41, 5.74) is 2.34. The van der Waals surface area contributed by atoms with E-state index in [-0.39, 0.29) is 5.41 Å². The summed E-state index contributed by atoms with van der Waals surface area (Å²) in [5.74, 6) is 0.834. The first-order valence-electron chi connectivity index (χ1n) is 6.43. The molecule has 1 aromatic carbocycles. The minimum absolute atomic E-state index is 0.104. The molecule has 1 heterocycles. The van der Waals surface area contributed by atoms with Crippen LogP contribution < -0.4 is 10.1 Å². The van der Waals surface area contributed by atoms with E-state index < -0.39 is 0 Å². The summed E-state index contributed by atoms with van der Waals surface area (Å²) in [4.78, 5) is 4.24. The SMILES string of the molecule is COc1ccc(C(C)(C)C)cc1NCc1ncc(Cl)s1. The lowest BCUT2D eigenvalue weighted by Gasteiger charge is -2.21. The highest BCUT2D eigenvalue weighted by molar-refractivity contribution is 7.15. The predicted octanol–water partition coefficient (Wildman–Crippen LogP) is 4.71. The second-order valence-electron chi connectivity index (χ2n) is 5.58. The summed E-state index contributed by atoms with van der Waals surface area (Å²) in [6.07, 6.45) is 1.67. The van der Waals surface area contributed by atoms with E-state index in [0.717, 1.165) is 16.4 Å². The fourth-order valence-electron chi connectivity index (χ4n) is 1.85. The van der Waals surface area contributed by atoms with Crippen LogP contribution in [-0.2, 0) is 12.0 Å².